The molecule has 3 unspecified atom stereocenters. The van der Waals surface area contributed by atoms with Gasteiger partial charge in [-0.3, -0.25) is 4.90 Å². The van der Waals surface area contributed by atoms with E-state index in [9.17, 15) is 0 Å². The molecule has 1 aromatic carbocycles. The summed E-state index contributed by atoms with van der Waals surface area (Å²) in [5.74, 6) is 0.895. The molecular formula is C15H24N2. The lowest BCUT2D eigenvalue weighted by molar-refractivity contribution is 0.192. The Hall–Kier alpha value is -0.860. The molecular weight excluding hydrogens is 208 g/mol. The molecule has 3 atom stereocenters. The number of benzene rings is 1. The van der Waals surface area contributed by atoms with Crippen LogP contribution >= 0.6 is 0 Å². The second-order valence-corrected chi connectivity index (χ2v) is 5.10. The fourth-order valence-corrected chi connectivity index (χ4v) is 3.29. The van der Waals surface area contributed by atoms with Crippen molar-refractivity contribution in [2.45, 2.75) is 32.9 Å². The van der Waals surface area contributed by atoms with Gasteiger partial charge in [0.05, 0.1) is 0 Å². The quantitative estimate of drug-likeness (QED) is 0.843. The van der Waals surface area contributed by atoms with Crippen LogP contribution in [0.25, 0.3) is 0 Å². The van der Waals surface area contributed by atoms with Crippen LogP contribution in [0.5, 0.6) is 0 Å². The van der Waals surface area contributed by atoms with E-state index in [2.05, 4.69) is 47.5 Å². The fraction of sp³-hybridized carbons (Fsp3) is 0.600. The predicted octanol–water partition coefficient (Wildman–Crippen LogP) is 2.68. The molecule has 2 heterocycles. The van der Waals surface area contributed by atoms with Crippen LogP contribution in [0.4, 0.5) is 0 Å². The Bertz CT molecular complexity index is 349. The SMILES string of the molecule is C.CC(c1ccccc1)N1CCC2CNCC21. The van der Waals surface area contributed by atoms with Crippen molar-refractivity contribution < 1.29 is 0 Å². The second-order valence-electron chi connectivity index (χ2n) is 5.10. The van der Waals surface area contributed by atoms with Gasteiger partial charge in [-0.15, -0.1) is 0 Å². The van der Waals surface area contributed by atoms with Gasteiger partial charge in [0.25, 0.3) is 0 Å². The van der Waals surface area contributed by atoms with E-state index in [-0.39, 0.29) is 7.43 Å². The van der Waals surface area contributed by atoms with Gasteiger partial charge in [0.15, 0.2) is 0 Å². The average molecular weight is 232 g/mol. The third-order valence-corrected chi connectivity index (χ3v) is 4.27. The molecule has 0 spiro atoms. The minimum Gasteiger partial charge on any atom is -0.315 e. The van der Waals surface area contributed by atoms with Crippen molar-refractivity contribution in [1.29, 1.82) is 0 Å². The molecule has 0 aromatic heterocycles. The molecule has 0 radical (unpaired) electrons. The molecule has 0 bridgehead atoms. The molecule has 3 rings (SSSR count). The fourth-order valence-electron chi connectivity index (χ4n) is 3.29. The van der Waals surface area contributed by atoms with E-state index in [1.807, 2.05) is 0 Å². The van der Waals surface area contributed by atoms with Crippen LogP contribution < -0.4 is 5.32 Å². The Morgan fingerprint density at radius 1 is 1.24 bits per heavy atom. The van der Waals surface area contributed by atoms with Gasteiger partial charge in [-0.2, -0.15) is 0 Å². The van der Waals surface area contributed by atoms with Gasteiger partial charge in [-0.05, 0) is 37.9 Å². The van der Waals surface area contributed by atoms with Crippen molar-refractivity contribution in [2.75, 3.05) is 19.6 Å². The lowest BCUT2D eigenvalue weighted by atomic mass is 10.0. The lowest BCUT2D eigenvalue weighted by Crippen LogP contribution is -2.36. The summed E-state index contributed by atoms with van der Waals surface area (Å²) in [6, 6.07) is 12.2. The van der Waals surface area contributed by atoms with Crippen LogP contribution in [0, 0.1) is 5.92 Å². The van der Waals surface area contributed by atoms with E-state index >= 15 is 0 Å². The summed E-state index contributed by atoms with van der Waals surface area (Å²) in [6.45, 7) is 6.02. The lowest BCUT2D eigenvalue weighted by Gasteiger charge is -2.30. The van der Waals surface area contributed by atoms with Gasteiger partial charge in [-0.25, -0.2) is 0 Å². The molecule has 2 saturated heterocycles. The highest BCUT2D eigenvalue weighted by Crippen LogP contribution is 2.34. The number of fused-ring (bicyclic) bond motifs is 1. The largest absolute Gasteiger partial charge is 0.315 e. The highest BCUT2D eigenvalue weighted by molar-refractivity contribution is 5.19. The third kappa shape index (κ3) is 2.24. The molecule has 2 heteroatoms. The molecule has 2 aliphatic heterocycles. The van der Waals surface area contributed by atoms with Crippen LogP contribution in [-0.2, 0) is 0 Å². The monoisotopic (exact) mass is 232 g/mol. The molecule has 17 heavy (non-hydrogen) atoms. The maximum Gasteiger partial charge on any atom is 0.0323 e. The van der Waals surface area contributed by atoms with Crippen molar-refractivity contribution in [2.24, 2.45) is 5.92 Å². The average Bonchev–Trinajstić information content (AvgIpc) is 2.91. The van der Waals surface area contributed by atoms with E-state index in [0.717, 1.165) is 12.0 Å². The second kappa shape index (κ2) is 5.19. The summed E-state index contributed by atoms with van der Waals surface area (Å²) in [4.78, 5) is 2.68. The Labute approximate surface area is 105 Å². The molecule has 0 amide bonds. The Morgan fingerprint density at radius 2 is 2.00 bits per heavy atom. The first-order valence-electron chi connectivity index (χ1n) is 6.37. The van der Waals surface area contributed by atoms with Crippen LogP contribution in [0.15, 0.2) is 30.3 Å². The number of nitrogens with zero attached hydrogens (tertiary/aromatic N) is 1. The van der Waals surface area contributed by atoms with Crippen molar-refractivity contribution >= 4 is 0 Å². The number of nitrogens with one attached hydrogen (secondary N) is 1. The molecule has 2 aliphatic rings. The molecule has 0 aliphatic carbocycles. The minimum atomic E-state index is 0. The summed E-state index contributed by atoms with van der Waals surface area (Å²) < 4.78 is 0. The Balaban J connectivity index is 0.00000108. The summed E-state index contributed by atoms with van der Waals surface area (Å²) in [6.07, 6.45) is 1.37. The van der Waals surface area contributed by atoms with Gasteiger partial charge in [0, 0.05) is 18.6 Å². The van der Waals surface area contributed by atoms with Gasteiger partial charge >= 0.3 is 0 Å². The first-order chi connectivity index (χ1) is 7.86. The molecule has 1 aromatic rings. The van der Waals surface area contributed by atoms with Crippen LogP contribution in [0.1, 0.15) is 32.4 Å². The van der Waals surface area contributed by atoms with Crippen LogP contribution in [0.2, 0.25) is 0 Å². The van der Waals surface area contributed by atoms with Gasteiger partial charge < -0.3 is 5.32 Å². The van der Waals surface area contributed by atoms with Crippen molar-refractivity contribution in [3.8, 4) is 0 Å². The van der Waals surface area contributed by atoms with Gasteiger partial charge in [0.1, 0.15) is 0 Å². The molecule has 2 fully saturated rings. The first-order valence-corrected chi connectivity index (χ1v) is 6.37. The maximum absolute atomic E-state index is 3.52. The smallest absolute Gasteiger partial charge is 0.0323 e. The summed E-state index contributed by atoms with van der Waals surface area (Å²) >= 11 is 0. The summed E-state index contributed by atoms with van der Waals surface area (Å²) in [5, 5.41) is 3.52. The van der Waals surface area contributed by atoms with Crippen molar-refractivity contribution in [3.05, 3.63) is 35.9 Å². The van der Waals surface area contributed by atoms with E-state index in [1.165, 1.54) is 31.6 Å². The number of rotatable bonds is 2. The molecule has 1 N–H and O–H groups in total. The van der Waals surface area contributed by atoms with E-state index in [0.29, 0.717) is 6.04 Å². The maximum atomic E-state index is 3.52. The molecule has 94 valence electrons. The normalized spacial score (nSPS) is 29.7. The third-order valence-electron chi connectivity index (χ3n) is 4.27. The highest BCUT2D eigenvalue weighted by atomic mass is 15.2. The molecule has 2 nitrogen and oxygen atoms in total. The minimum absolute atomic E-state index is 0. The Kier molecular flexibility index (Phi) is 3.85. The summed E-state index contributed by atoms with van der Waals surface area (Å²) in [5.41, 5.74) is 1.45. The van der Waals surface area contributed by atoms with Gasteiger partial charge in [-0.1, -0.05) is 37.8 Å². The standard InChI is InChI=1S/C14H20N2.CH4/c1-11(12-5-3-2-4-6-12)16-8-7-13-9-15-10-14(13)16;/h2-6,11,13-15H,7-10H2,1H3;1H4. The first kappa shape index (κ1) is 12.6. The van der Waals surface area contributed by atoms with E-state index in [4.69, 9.17) is 0 Å². The zero-order valence-electron chi connectivity index (χ0n) is 9.89. The Morgan fingerprint density at radius 3 is 2.76 bits per heavy atom. The number of hydrogen-bond donors (Lipinski definition) is 1. The van der Waals surface area contributed by atoms with Gasteiger partial charge in [0.2, 0.25) is 0 Å². The summed E-state index contributed by atoms with van der Waals surface area (Å²) in [7, 11) is 0. The van der Waals surface area contributed by atoms with E-state index in [1.54, 1.807) is 0 Å². The topological polar surface area (TPSA) is 15.3 Å². The van der Waals surface area contributed by atoms with Crippen LogP contribution in [-0.4, -0.2) is 30.6 Å². The highest BCUT2D eigenvalue weighted by Gasteiger charge is 2.39. The zero-order chi connectivity index (χ0) is 11.0. The van der Waals surface area contributed by atoms with Crippen molar-refractivity contribution in [1.82, 2.24) is 10.2 Å². The van der Waals surface area contributed by atoms with Crippen LogP contribution in [0.3, 0.4) is 0 Å². The van der Waals surface area contributed by atoms with Crippen molar-refractivity contribution in [3.63, 3.8) is 0 Å². The van der Waals surface area contributed by atoms with E-state index < -0.39 is 0 Å². The molecule has 0 saturated carbocycles. The zero-order valence-corrected chi connectivity index (χ0v) is 9.89. The predicted molar refractivity (Wildman–Crippen MR) is 73.1 cm³/mol. The number of likely N-dealkylation sites (tertiary alicyclic amines) is 1. The number of hydrogen-bond acceptors (Lipinski definition) is 2.